The first-order valence-corrected chi connectivity index (χ1v) is 6.79. The number of hydrogen-bond donors (Lipinski definition) is 2. The molecule has 0 aromatic carbocycles. The van der Waals surface area contributed by atoms with Gasteiger partial charge in [0, 0.05) is 25.2 Å². The zero-order chi connectivity index (χ0) is 12.8. The predicted molar refractivity (Wildman–Crippen MR) is 75.0 cm³/mol. The lowest BCUT2D eigenvalue weighted by molar-refractivity contribution is 0.261. The Bertz CT molecular complexity index is 368. The van der Waals surface area contributed by atoms with Gasteiger partial charge < -0.3 is 15.5 Å². The van der Waals surface area contributed by atoms with Gasteiger partial charge in [0.1, 0.15) is 18.0 Å². The third-order valence-corrected chi connectivity index (χ3v) is 3.20. The third kappa shape index (κ3) is 3.84. The second-order valence-corrected chi connectivity index (χ2v) is 4.96. The van der Waals surface area contributed by atoms with Crippen LogP contribution < -0.4 is 10.6 Å². The minimum absolute atomic E-state index is 0.498. The van der Waals surface area contributed by atoms with Gasteiger partial charge >= 0.3 is 0 Å². The van der Waals surface area contributed by atoms with Gasteiger partial charge in [-0.2, -0.15) is 0 Å². The predicted octanol–water partition coefficient (Wildman–Crippen LogP) is 1.80. The van der Waals surface area contributed by atoms with Gasteiger partial charge in [-0.05, 0) is 32.9 Å². The molecule has 100 valence electrons. The van der Waals surface area contributed by atoms with Gasteiger partial charge in [-0.1, -0.05) is 6.92 Å². The number of aromatic nitrogens is 2. The molecular formula is C13H23N5. The average Bonchev–Trinajstić information content (AvgIpc) is 2.37. The molecule has 0 aliphatic carbocycles. The van der Waals surface area contributed by atoms with E-state index < -0.39 is 0 Å². The Hall–Kier alpha value is -1.36. The lowest BCUT2D eigenvalue weighted by atomic mass is 10.1. The van der Waals surface area contributed by atoms with E-state index in [0.717, 1.165) is 31.1 Å². The maximum atomic E-state index is 4.29. The van der Waals surface area contributed by atoms with Gasteiger partial charge in [0.05, 0.1) is 0 Å². The van der Waals surface area contributed by atoms with E-state index in [0.29, 0.717) is 6.04 Å². The summed E-state index contributed by atoms with van der Waals surface area (Å²) in [5.41, 5.74) is 0. The summed E-state index contributed by atoms with van der Waals surface area (Å²) >= 11 is 0. The van der Waals surface area contributed by atoms with Crippen molar-refractivity contribution in [2.75, 3.05) is 37.3 Å². The fraction of sp³-hybridized carbons (Fsp3) is 0.692. The van der Waals surface area contributed by atoms with Crippen LogP contribution >= 0.6 is 0 Å². The summed E-state index contributed by atoms with van der Waals surface area (Å²) in [6.45, 7) is 5.38. The van der Waals surface area contributed by atoms with Crippen LogP contribution in [0.3, 0.4) is 0 Å². The van der Waals surface area contributed by atoms with Crippen molar-refractivity contribution in [3.8, 4) is 0 Å². The van der Waals surface area contributed by atoms with Crippen molar-refractivity contribution in [2.24, 2.45) is 0 Å². The minimum atomic E-state index is 0.498. The highest BCUT2D eigenvalue weighted by atomic mass is 15.2. The van der Waals surface area contributed by atoms with Crippen LogP contribution in [-0.4, -0.2) is 47.6 Å². The van der Waals surface area contributed by atoms with E-state index in [-0.39, 0.29) is 0 Å². The zero-order valence-electron chi connectivity index (χ0n) is 11.3. The second-order valence-electron chi connectivity index (χ2n) is 4.96. The molecule has 1 saturated heterocycles. The standard InChI is InChI=1S/C13H23N5/c1-3-6-14-12-8-13(16-10-15-12)17-11-5-4-7-18(2)9-11/h8,10-11H,3-7,9H2,1-2H3,(H2,14,15,16,17). The zero-order valence-corrected chi connectivity index (χ0v) is 11.3. The second kappa shape index (κ2) is 6.54. The van der Waals surface area contributed by atoms with Crippen molar-refractivity contribution >= 4 is 11.6 Å². The Kier molecular flexibility index (Phi) is 4.75. The monoisotopic (exact) mass is 249 g/mol. The van der Waals surface area contributed by atoms with E-state index in [1.807, 2.05) is 6.07 Å². The number of hydrogen-bond acceptors (Lipinski definition) is 5. The van der Waals surface area contributed by atoms with Gasteiger partial charge in [-0.25, -0.2) is 9.97 Å². The molecule has 0 saturated carbocycles. The van der Waals surface area contributed by atoms with Crippen molar-refractivity contribution in [1.29, 1.82) is 0 Å². The molecule has 1 aromatic heterocycles. The Labute approximate surface area is 109 Å². The molecule has 2 rings (SSSR count). The van der Waals surface area contributed by atoms with Crippen LogP contribution in [0.1, 0.15) is 26.2 Å². The van der Waals surface area contributed by atoms with Crippen LogP contribution in [0.5, 0.6) is 0 Å². The molecule has 0 amide bonds. The van der Waals surface area contributed by atoms with Crippen molar-refractivity contribution < 1.29 is 0 Å². The minimum Gasteiger partial charge on any atom is -0.370 e. The summed E-state index contributed by atoms with van der Waals surface area (Å²) in [5.74, 6) is 1.82. The van der Waals surface area contributed by atoms with E-state index >= 15 is 0 Å². The highest BCUT2D eigenvalue weighted by Gasteiger charge is 2.17. The topological polar surface area (TPSA) is 53.1 Å². The number of likely N-dealkylation sites (N-methyl/N-ethyl adjacent to an activating group) is 1. The number of anilines is 2. The molecule has 2 heterocycles. The SMILES string of the molecule is CCCNc1cc(NC2CCCN(C)C2)ncn1. The van der Waals surface area contributed by atoms with E-state index in [9.17, 15) is 0 Å². The lowest BCUT2D eigenvalue weighted by Gasteiger charge is -2.30. The van der Waals surface area contributed by atoms with Crippen LogP contribution in [-0.2, 0) is 0 Å². The largest absolute Gasteiger partial charge is 0.370 e. The van der Waals surface area contributed by atoms with Crippen LogP contribution in [0, 0.1) is 0 Å². The number of likely N-dealkylation sites (tertiary alicyclic amines) is 1. The van der Waals surface area contributed by atoms with Gasteiger partial charge in [0.2, 0.25) is 0 Å². The maximum Gasteiger partial charge on any atom is 0.131 e. The Morgan fingerprint density at radius 2 is 2.22 bits per heavy atom. The number of rotatable bonds is 5. The molecule has 1 fully saturated rings. The molecule has 5 nitrogen and oxygen atoms in total. The van der Waals surface area contributed by atoms with Crippen molar-refractivity contribution in [2.45, 2.75) is 32.2 Å². The molecule has 1 aliphatic rings. The number of piperidine rings is 1. The number of nitrogens with one attached hydrogen (secondary N) is 2. The van der Waals surface area contributed by atoms with E-state index in [2.05, 4.69) is 39.5 Å². The number of nitrogens with zero attached hydrogens (tertiary/aromatic N) is 3. The molecule has 0 radical (unpaired) electrons. The van der Waals surface area contributed by atoms with Gasteiger partial charge in [0.15, 0.2) is 0 Å². The summed E-state index contributed by atoms with van der Waals surface area (Å²) in [6.07, 6.45) is 5.18. The van der Waals surface area contributed by atoms with Crippen molar-refractivity contribution in [3.05, 3.63) is 12.4 Å². The first kappa shape index (κ1) is 13.1. The Balaban J connectivity index is 1.91. The van der Waals surface area contributed by atoms with Crippen molar-refractivity contribution in [1.82, 2.24) is 14.9 Å². The highest BCUT2D eigenvalue weighted by molar-refractivity contribution is 5.46. The molecule has 18 heavy (non-hydrogen) atoms. The Morgan fingerprint density at radius 3 is 3.00 bits per heavy atom. The molecule has 0 bridgehead atoms. The van der Waals surface area contributed by atoms with Crippen LogP contribution in [0.15, 0.2) is 12.4 Å². The van der Waals surface area contributed by atoms with Crippen LogP contribution in [0.25, 0.3) is 0 Å². The van der Waals surface area contributed by atoms with Crippen LogP contribution in [0.4, 0.5) is 11.6 Å². The van der Waals surface area contributed by atoms with Crippen LogP contribution in [0.2, 0.25) is 0 Å². The summed E-state index contributed by atoms with van der Waals surface area (Å²) in [4.78, 5) is 10.9. The smallest absolute Gasteiger partial charge is 0.131 e. The van der Waals surface area contributed by atoms with E-state index in [1.165, 1.54) is 19.4 Å². The fourth-order valence-corrected chi connectivity index (χ4v) is 2.28. The molecule has 1 unspecified atom stereocenters. The quantitative estimate of drug-likeness (QED) is 0.833. The van der Waals surface area contributed by atoms with Crippen molar-refractivity contribution in [3.63, 3.8) is 0 Å². The highest BCUT2D eigenvalue weighted by Crippen LogP contribution is 2.15. The van der Waals surface area contributed by atoms with E-state index in [1.54, 1.807) is 6.33 Å². The Morgan fingerprint density at radius 1 is 1.39 bits per heavy atom. The molecule has 1 aromatic rings. The average molecular weight is 249 g/mol. The molecular weight excluding hydrogens is 226 g/mol. The van der Waals surface area contributed by atoms with E-state index in [4.69, 9.17) is 0 Å². The van der Waals surface area contributed by atoms with Gasteiger partial charge in [-0.15, -0.1) is 0 Å². The normalized spacial score (nSPS) is 20.7. The first-order chi connectivity index (χ1) is 8.78. The molecule has 1 atom stereocenters. The summed E-state index contributed by atoms with van der Waals surface area (Å²) in [6, 6.07) is 2.49. The molecule has 0 spiro atoms. The molecule has 5 heteroatoms. The van der Waals surface area contributed by atoms with Gasteiger partial charge in [0.25, 0.3) is 0 Å². The fourth-order valence-electron chi connectivity index (χ4n) is 2.28. The summed E-state index contributed by atoms with van der Waals surface area (Å²) in [7, 11) is 2.17. The lowest BCUT2D eigenvalue weighted by Crippen LogP contribution is -2.39. The first-order valence-electron chi connectivity index (χ1n) is 6.79. The summed E-state index contributed by atoms with van der Waals surface area (Å²) < 4.78 is 0. The summed E-state index contributed by atoms with van der Waals surface area (Å²) in [5, 5.41) is 6.77. The molecule has 1 aliphatic heterocycles. The van der Waals surface area contributed by atoms with Gasteiger partial charge in [-0.3, -0.25) is 0 Å². The molecule has 2 N–H and O–H groups in total. The third-order valence-electron chi connectivity index (χ3n) is 3.20. The maximum absolute atomic E-state index is 4.29.